The highest BCUT2D eigenvalue weighted by Gasteiger charge is 2.29. The zero-order chi connectivity index (χ0) is 15.0. The molecule has 0 saturated heterocycles. The van der Waals surface area contributed by atoms with Crippen LogP contribution in [0, 0.1) is 0 Å². The summed E-state index contributed by atoms with van der Waals surface area (Å²) in [6.45, 7) is 7.57. The summed E-state index contributed by atoms with van der Waals surface area (Å²) in [4.78, 5) is 12.2. The molecule has 0 atom stereocenters. The Balaban J connectivity index is 2.68. The number of hydrogen-bond donors (Lipinski definition) is 2. The van der Waals surface area contributed by atoms with Crippen LogP contribution >= 0.6 is 0 Å². The van der Waals surface area contributed by atoms with Crippen LogP contribution in [0.15, 0.2) is 24.3 Å². The van der Waals surface area contributed by atoms with Crippen molar-refractivity contribution in [1.29, 1.82) is 0 Å². The third-order valence-electron chi connectivity index (χ3n) is 3.73. The van der Waals surface area contributed by atoms with E-state index >= 15 is 0 Å². The summed E-state index contributed by atoms with van der Waals surface area (Å²) in [6, 6.07) is 7.97. The van der Waals surface area contributed by atoms with Crippen molar-refractivity contribution in [1.82, 2.24) is 5.32 Å². The average Bonchev–Trinajstić information content (AvgIpc) is 2.50. The number of hydrogen-bond acceptors (Lipinski definition) is 3. The van der Waals surface area contributed by atoms with Gasteiger partial charge >= 0.3 is 0 Å². The standard InChI is InChI=1S/C16H26N2O2/c1-4-16(17,5-2)15(19)18-11-13-9-7-8-10-14(13)12-20-6-3/h7-10H,4-6,11-12,17H2,1-3H3,(H,18,19). The summed E-state index contributed by atoms with van der Waals surface area (Å²) in [5, 5.41) is 2.94. The Labute approximate surface area is 121 Å². The van der Waals surface area contributed by atoms with E-state index in [2.05, 4.69) is 5.32 Å². The average molecular weight is 278 g/mol. The molecule has 1 aromatic carbocycles. The van der Waals surface area contributed by atoms with Gasteiger partial charge in [0.05, 0.1) is 12.1 Å². The SMILES string of the molecule is CCOCc1ccccc1CNC(=O)C(N)(CC)CC. The molecular formula is C16H26N2O2. The predicted octanol–water partition coefficient (Wildman–Crippen LogP) is 2.36. The monoisotopic (exact) mass is 278 g/mol. The molecule has 1 aromatic rings. The maximum atomic E-state index is 12.2. The van der Waals surface area contributed by atoms with Crippen molar-refractivity contribution >= 4 is 5.91 Å². The van der Waals surface area contributed by atoms with E-state index in [1.54, 1.807) is 0 Å². The number of benzene rings is 1. The minimum absolute atomic E-state index is 0.0892. The minimum atomic E-state index is -0.769. The highest BCUT2D eigenvalue weighted by molar-refractivity contribution is 5.85. The van der Waals surface area contributed by atoms with Gasteiger partial charge in [0.15, 0.2) is 0 Å². The van der Waals surface area contributed by atoms with Crippen LogP contribution in [0.1, 0.15) is 44.7 Å². The van der Waals surface area contributed by atoms with E-state index < -0.39 is 5.54 Å². The maximum Gasteiger partial charge on any atom is 0.240 e. The van der Waals surface area contributed by atoms with Crippen LogP contribution in [-0.2, 0) is 22.7 Å². The Kier molecular flexibility index (Phi) is 6.68. The van der Waals surface area contributed by atoms with Crippen molar-refractivity contribution < 1.29 is 9.53 Å². The minimum Gasteiger partial charge on any atom is -0.377 e. The lowest BCUT2D eigenvalue weighted by atomic mass is 9.93. The van der Waals surface area contributed by atoms with Crippen molar-refractivity contribution in [2.45, 2.75) is 52.3 Å². The van der Waals surface area contributed by atoms with Crippen molar-refractivity contribution in [2.24, 2.45) is 5.73 Å². The van der Waals surface area contributed by atoms with Crippen LogP contribution < -0.4 is 11.1 Å². The normalized spacial score (nSPS) is 11.4. The summed E-state index contributed by atoms with van der Waals surface area (Å²) >= 11 is 0. The molecule has 1 amide bonds. The van der Waals surface area contributed by atoms with E-state index in [9.17, 15) is 4.79 Å². The molecule has 112 valence electrons. The first-order chi connectivity index (χ1) is 9.57. The zero-order valence-electron chi connectivity index (χ0n) is 12.7. The van der Waals surface area contributed by atoms with Crippen molar-refractivity contribution in [2.75, 3.05) is 6.61 Å². The van der Waals surface area contributed by atoms with Crippen LogP contribution in [0.3, 0.4) is 0 Å². The number of nitrogens with one attached hydrogen (secondary N) is 1. The van der Waals surface area contributed by atoms with Gasteiger partial charge in [0.25, 0.3) is 0 Å². The Hall–Kier alpha value is -1.39. The third kappa shape index (κ3) is 4.32. The largest absolute Gasteiger partial charge is 0.377 e. The lowest BCUT2D eigenvalue weighted by Crippen LogP contribution is -2.52. The molecule has 3 N–H and O–H groups in total. The van der Waals surface area contributed by atoms with Gasteiger partial charge in [0.1, 0.15) is 0 Å². The predicted molar refractivity (Wildman–Crippen MR) is 81.1 cm³/mol. The van der Waals surface area contributed by atoms with Crippen LogP contribution in [0.5, 0.6) is 0 Å². The fraction of sp³-hybridized carbons (Fsp3) is 0.562. The highest BCUT2D eigenvalue weighted by Crippen LogP contribution is 2.13. The molecule has 0 aromatic heterocycles. The van der Waals surface area contributed by atoms with E-state index in [1.807, 2.05) is 45.0 Å². The number of ether oxygens (including phenoxy) is 1. The first-order valence-electron chi connectivity index (χ1n) is 7.29. The molecule has 0 radical (unpaired) electrons. The van der Waals surface area contributed by atoms with Gasteiger partial charge in [-0.05, 0) is 30.9 Å². The van der Waals surface area contributed by atoms with Crippen LogP contribution in [0.2, 0.25) is 0 Å². The van der Waals surface area contributed by atoms with Gasteiger partial charge in [-0.15, -0.1) is 0 Å². The third-order valence-corrected chi connectivity index (χ3v) is 3.73. The second-order valence-corrected chi connectivity index (χ2v) is 4.95. The molecule has 4 nitrogen and oxygen atoms in total. The number of carbonyl (C=O) groups is 1. The van der Waals surface area contributed by atoms with Gasteiger partial charge < -0.3 is 15.8 Å². The van der Waals surface area contributed by atoms with E-state index in [-0.39, 0.29) is 5.91 Å². The molecule has 0 aliphatic rings. The molecule has 0 heterocycles. The summed E-state index contributed by atoms with van der Waals surface area (Å²) < 4.78 is 5.44. The van der Waals surface area contributed by atoms with Gasteiger partial charge in [-0.1, -0.05) is 38.1 Å². The van der Waals surface area contributed by atoms with Gasteiger partial charge in [-0.25, -0.2) is 0 Å². The maximum absolute atomic E-state index is 12.2. The number of carbonyl (C=O) groups excluding carboxylic acids is 1. The second-order valence-electron chi connectivity index (χ2n) is 4.95. The molecular weight excluding hydrogens is 252 g/mol. The summed E-state index contributed by atoms with van der Waals surface area (Å²) in [6.07, 6.45) is 1.27. The highest BCUT2D eigenvalue weighted by atomic mass is 16.5. The first kappa shape index (κ1) is 16.7. The van der Waals surface area contributed by atoms with E-state index in [0.717, 1.165) is 11.1 Å². The van der Waals surface area contributed by atoms with Gasteiger partial charge in [-0.2, -0.15) is 0 Å². The van der Waals surface area contributed by atoms with E-state index in [1.165, 1.54) is 0 Å². The van der Waals surface area contributed by atoms with E-state index in [0.29, 0.717) is 32.6 Å². The zero-order valence-corrected chi connectivity index (χ0v) is 12.7. The quantitative estimate of drug-likeness (QED) is 0.767. The molecule has 0 aliphatic carbocycles. The molecule has 20 heavy (non-hydrogen) atoms. The van der Waals surface area contributed by atoms with Gasteiger partial charge in [0.2, 0.25) is 5.91 Å². The molecule has 0 spiro atoms. The molecule has 0 saturated carbocycles. The topological polar surface area (TPSA) is 64.3 Å². The van der Waals surface area contributed by atoms with E-state index in [4.69, 9.17) is 10.5 Å². The van der Waals surface area contributed by atoms with Crippen LogP contribution in [0.25, 0.3) is 0 Å². The first-order valence-corrected chi connectivity index (χ1v) is 7.29. The van der Waals surface area contributed by atoms with Crippen LogP contribution in [-0.4, -0.2) is 18.1 Å². The van der Waals surface area contributed by atoms with Gasteiger partial charge in [-0.3, -0.25) is 4.79 Å². The van der Waals surface area contributed by atoms with Gasteiger partial charge in [0, 0.05) is 13.2 Å². The Morgan fingerprint density at radius 3 is 2.35 bits per heavy atom. The van der Waals surface area contributed by atoms with Crippen LogP contribution in [0.4, 0.5) is 0 Å². The summed E-state index contributed by atoms with van der Waals surface area (Å²) in [7, 11) is 0. The fourth-order valence-electron chi connectivity index (χ4n) is 2.01. The molecule has 0 bridgehead atoms. The van der Waals surface area contributed by atoms with Crippen molar-refractivity contribution in [3.8, 4) is 0 Å². The van der Waals surface area contributed by atoms with Crippen molar-refractivity contribution in [3.05, 3.63) is 35.4 Å². The second kappa shape index (κ2) is 8.02. The molecule has 4 heteroatoms. The Morgan fingerprint density at radius 2 is 1.80 bits per heavy atom. The molecule has 0 aliphatic heterocycles. The molecule has 1 rings (SSSR count). The summed E-state index contributed by atoms with van der Waals surface area (Å²) in [5.74, 6) is -0.0892. The Bertz CT molecular complexity index is 428. The molecule has 0 unspecified atom stereocenters. The number of rotatable bonds is 8. The van der Waals surface area contributed by atoms with Crippen molar-refractivity contribution in [3.63, 3.8) is 0 Å². The smallest absolute Gasteiger partial charge is 0.240 e. The summed E-state index contributed by atoms with van der Waals surface area (Å²) in [5.41, 5.74) is 7.49. The fourth-order valence-corrected chi connectivity index (χ4v) is 2.01. The molecule has 0 fully saturated rings. The number of nitrogens with two attached hydrogens (primary N) is 1. The Morgan fingerprint density at radius 1 is 1.20 bits per heavy atom. The lowest BCUT2D eigenvalue weighted by Gasteiger charge is -2.25. The lowest BCUT2D eigenvalue weighted by molar-refractivity contribution is -0.126. The number of amides is 1.